The van der Waals surface area contributed by atoms with Crippen LogP contribution in [0.1, 0.15) is 37.7 Å². The highest BCUT2D eigenvalue weighted by Crippen LogP contribution is 2.43. The maximum absolute atomic E-state index is 12.9. The van der Waals surface area contributed by atoms with Gasteiger partial charge in [0.2, 0.25) is 0 Å². The highest BCUT2D eigenvalue weighted by Gasteiger charge is 2.47. The lowest BCUT2D eigenvalue weighted by Crippen LogP contribution is -2.51. The molecule has 0 amide bonds. The van der Waals surface area contributed by atoms with Crippen LogP contribution in [0.3, 0.4) is 0 Å². The van der Waals surface area contributed by atoms with Crippen LogP contribution in [0.5, 0.6) is 0 Å². The fourth-order valence-electron chi connectivity index (χ4n) is 3.54. The monoisotopic (exact) mass is 303 g/mol. The van der Waals surface area contributed by atoms with E-state index in [0.717, 1.165) is 37.9 Å². The Hall–Kier alpha value is -1.23. The molecule has 22 heavy (non-hydrogen) atoms. The predicted octanol–water partition coefficient (Wildman–Crippen LogP) is 1.70. The molecule has 1 atom stereocenters. The van der Waals surface area contributed by atoms with Crippen molar-refractivity contribution in [2.75, 3.05) is 19.6 Å². The minimum absolute atomic E-state index is 0.0396. The first-order valence-electron chi connectivity index (χ1n) is 8.32. The molecule has 0 spiro atoms. The second kappa shape index (κ2) is 6.49. The molecule has 2 N–H and O–H groups in total. The van der Waals surface area contributed by atoms with Crippen molar-refractivity contribution in [2.45, 2.75) is 43.8 Å². The van der Waals surface area contributed by atoms with E-state index in [9.17, 15) is 15.0 Å². The lowest BCUT2D eigenvalue weighted by atomic mass is 9.67. The van der Waals surface area contributed by atoms with E-state index in [4.69, 9.17) is 0 Å². The molecule has 1 aromatic carbocycles. The summed E-state index contributed by atoms with van der Waals surface area (Å²) in [5.74, 6) is -0.0578. The number of carbonyl (C=O) groups excluding carboxylic acids is 1. The van der Waals surface area contributed by atoms with Crippen molar-refractivity contribution in [1.29, 1.82) is 0 Å². The Labute approximate surface area is 131 Å². The Morgan fingerprint density at radius 2 is 1.77 bits per heavy atom. The molecule has 1 saturated carbocycles. The minimum atomic E-state index is -1.35. The van der Waals surface area contributed by atoms with E-state index in [-0.39, 0.29) is 24.3 Å². The first-order chi connectivity index (χ1) is 10.6. The average Bonchev–Trinajstić information content (AvgIpc) is 2.48. The zero-order valence-electron chi connectivity index (χ0n) is 12.9. The zero-order chi connectivity index (χ0) is 15.6. The van der Waals surface area contributed by atoms with Crippen LogP contribution in [0, 0.1) is 5.92 Å². The van der Waals surface area contributed by atoms with E-state index in [1.54, 1.807) is 0 Å². The van der Waals surface area contributed by atoms with Crippen LogP contribution in [0.25, 0.3) is 0 Å². The number of aliphatic hydroxyl groups is 2. The number of piperidine rings is 1. The molecule has 2 aliphatic rings. The smallest absolute Gasteiger partial charge is 0.183 e. The quantitative estimate of drug-likeness (QED) is 0.869. The van der Waals surface area contributed by atoms with Crippen molar-refractivity contribution >= 4 is 5.78 Å². The van der Waals surface area contributed by atoms with Gasteiger partial charge in [-0.25, -0.2) is 0 Å². The van der Waals surface area contributed by atoms with Gasteiger partial charge in [0.25, 0.3) is 0 Å². The van der Waals surface area contributed by atoms with Gasteiger partial charge in [-0.05, 0) is 37.2 Å². The fraction of sp³-hybridized carbons (Fsp3) is 0.611. The molecule has 1 aromatic rings. The van der Waals surface area contributed by atoms with Gasteiger partial charge in [0.05, 0.1) is 12.6 Å². The molecule has 1 aliphatic carbocycles. The summed E-state index contributed by atoms with van der Waals surface area (Å²) in [5.41, 5.74) is -0.628. The predicted molar refractivity (Wildman–Crippen MR) is 84.4 cm³/mol. The second-order valence-electron chi connectivity index (χ2n) is 6.69. The number of ketones is 1. The molecule has 1 aliphatic heterocycles. The van der Waals surface area contributed by atoms with E-state index < -0.39 is 5.60 Å². The van der Waals surface area contributed by atoms with Gasteiger partial charge in [0.1, 0.15) is 0 Å². The number of aliphatic hydroxyl groups excluding tert-OH is 1. The van der Waals surface area contributed by atoms with Gasteiger partial charge in [-0.3, -0.25) is 9.69 Å². The number of carbonyl (C=O) groups is 1. The van der Waals surface area contributed by atoms with Crippen LogP contribution in [-0.4, -0.2) is 46.6 Å². The Kier molecular flexibility index (Phi) is 4.62. The number of Topliss-reactive ketones (excluding diaryl/α,β-unsaturated/α-hetero) is 1. The van der Waals surface area contributed by atoms with Gasteiger partial charge >= 0.3 is 0 Å². The third kappa shape index (κ3) is 2.96. The lowest BCUT2D eigenvalue weighted by molar-refractivity contribution is -0.151. The van der Waals surface area contributed by atoms with Crippen molar-refractivity contribution in [3.8, 4) is 0 Å². The van der Waals surface area contributed by atoms with Crippen LogP contribution in [-0.2, 0) is 10.4 Å². The normalized spacial score (nSPS) is 23.7. The molecule has 3 rings (SSSR count). The average molecular weight is 303 g/mol. The molecule has 0 radical (unpaired) electrons. The Balaban J connectivity index is 1.76. The lowest BCUT2D eigenvalue weighted by Gasteiger charge is -2.42. The topological polar surface area (TPSA) is 60.8 Å². The molecule has 1 saturated heterocycles. The maximum atomic E-state index is 12.9. The molecule has 2 fully saturated rings. The summed E-state index contributed by atoms with van der Waals surface area (Å²) in [7, 11) is 0. The first-order valence-corrected chi connectivity index (χ1v) is 8.32. The van der Waals surface area contributed by atoms with E-state index in [1.807, 2.05) is 30.3 Å². The maximum Gasteiger partial charge on any atom is 0.183 e. The molecular formula is C18H25NO3. The first kappa shape index (κ1) is 15.7. The number of likely N-dealkylation sites (tertiary alicyclic amines) is 1. The Bertz CT molecular complexity index is 506. The van der Waals surface area contributed by atoms with Gasteiger partial charge < -0.3 is 10.2 Å². The largest absolute Gasteiger partial charge is 0.393 e. The van der Waals surface area contributed by atoms with Crippen molar-refractivity contribution in [3.63, 3.8) is 0 Å². The van der Waals surface area contributed by atoms with Crippen molar-refractivity contribution < 1.29 is 15.0 Å². The number of hydrogen-bond acceptors (Lipinski definition) is 4. The summed E-state index contributed by atoms with van der Waals surface area (Å²) in [5, 5.41) is 20.8. The summed E-state index contributed by atoms with van der Waals surface area (Å²) < 4.78 is 0. The summed E-state index contributed by atoms with van der Waals surface area (Å²) in [6, 6.07) is 9.38. The van der Waals surface area contributed by atoms with Crippen LogP contribution in [0.4, 0.5) is 0 Å². The van der Waals surface area contributed by atoms with E-state index >= 15 is 0 Å². The second-order valence-corrected chi connectivity index (χ2v) is 6.69. The van der Waals surface area contributed by atoms with Crippen molar-refractivity contribution in [3.05, 3.63) is 35.9 Å². The van der Waals surface area contributed by atoms with E-state index in [2.05, 4.69) is 4.90 Å². The third-order valence-electron chi connectivity index (χ3n) is 5.26. The number of hydrogen-bond donors (Lipinski definition) is 2. The van der Waals surface area contributed by atoms with Crippen LogP contribution in [0.2, 0.25) is 0 Å². The fourth-order valence-corrected chi connectivity index (χ4v) is 3.54. The van der Waals surface area contributed by atoms with Gasteiger partial charge in [-0.1, -0.05) is 36.8 Å². The minimum Gasteiger partial charge on any atom is -0.393 e. The molecule has 4 nitrogen and oxygen atoms in total. The number of rotatable bonds is 5. The molecule has 1 heterocycles. The molecule has 0 aromatic heterocycles. The van der Waals surface area contributed by atoms with Gasteiger partial charge in [-0.15, -0.1) is 0 Å². The van der Waals surface area contributed by atoms with E-state index in [0.29, 0.717) is 12.8 Å². The third-order valence-corrected chi connectivity index (χ3v) is 5.26. The standard InChI is InChI=1S/C18H25NO3/c20-16-9-11-19(12-10-16)13-17(21)18(22,15-7-4-8-15)14-5-2-1-3-6-14/h1-3,5-6,15-16,20,22H,4,7-13H2. The SMILES string of the molecule is O=C(CN1CCC(O)CC1)C(O)(c1ccccc1)C1CCC1. The van der Waals surface area contributed by atoms with Crippen LogP contribution in [0.15, 0.2) is 30.3 Å². The summed E-state index contributed by atoms with van der Waals surface area (Å²) >= 11 is 0. The zero-order valence-corrected chi connectivity index (χ0v) is 12.9. The molecule has 120 valence electrons. The number of benzene rings is 1. The molecular weight excluding hydrogens is 278 g/mol. The van der Waals surface area contributed by atoms with Crippen LogP contribution >= 0.6 is 0 Å². The molecule has 0 bridgehead atoms. The number of nitrogens with zero attached hydrogens (tertiary/aromatic N) is 1. The Morgan fingerprint density at radius 3 is 2.32 bits per heavy atom. The Morgan fingerprint density at radius 1 is 1.14 bits per heavy atom. The van der Waals surface area contributed by atoms with Crippen molar-refractivity contribution in [1.82, 2.24) is 4.90 Å². The summed E-state index contributed by atoms with van der Waals surface area (Å²) in [6.45, 7) is 1.72. The van der Waals surface area contributed by atoms with Gasteiger partial charge in [0, 0.05) is 13.1 Å². The van der Waals surface area contributed by atoms with Crippen molar-refractivity contribution in [2.24, 2.45) is 5.92 Å². The highest BCUT2D eigenvalue weighted by atomic mass is 16.3. The van der Waals surface area contributed by atoms with E-state index in [1.165, 1.54) is 0 Å². The van der Waals surface area contributed by atoms with Crippen LogP contribution < -0.4 is 0 Å². The summed E-state index contributed by atoms with van der Waals surface area (Å²) in [6.07, 6.45) is 4.08. The molecule has 1 unspecified atom stereocenters. The molecule has 4 heteroatoms. The van der Waals surface area contributed by atoms with Gasteiger partial charge in [0.15, 0.2) is 11.4 Å². The van der Waals surface area contributed by atoms with Gasteiger partial charge in [-0.2, -0.15) is 0 Å². The highest BCUT2D eigenvalue weighted by molar-refractivity contribution is 5.90. The summed E-state index contributed by atoms with van der Waals surface area (Å²) in [4.78, 5) is 15.0.